The van der Waals surface area contributed by atoms with Gasteiger partial charge in [-0.25, -0.2) is 4.99 Å². The zero-order valence-electron chi connectivity index (χ0n) is 14.6. The second-order valence-electron chi connectivity index (χ2n) is 5.45. The Hall–Kier alpha value is -2.97. The van der Waals surface area contributed by atoms with Crippen LogP contribution in [0.25, 0.3) is 0 Å². The van der Waals surface area contributed by atoms with Crippen molar-refractivity contribution in [3.05, 3.63) is 64.7 Å². The van der Waals surface area contributed by atoms with Crippen molar-refractivity contribution in [2.24, 2.45) is 4.99 Å². The number of hydrogen-bond donors (Lipinski definition) is 3. The summed E-state index contributed by atoms with van der Waals surface area (Å²) in [4.78, 5) is 16.6. The van der Waals surface area contributed by atoms with Crippen molar-refractivity contribution in [1.82, 2.24) is 10.6 Å². The van der Waals surface area contributed by atoms with Crippen molar-refractivity contribution < 1.29 is 4.79 Å². The van der Waals surface area contributed by atoms with Crippen LogP contribution >= 0.6 is 11.6 Å². The van der Waals surface area contributed by atoms with Gasteiger partial charge < -0.3 is 16.0 Å². The number of benzene rings is 2. The third-order valence-corrected chi connectivity index (χ3v) is 3.66. The molecule has 0 aliphatic heterocycles. The SMILES string of the molecule is C#Cc1cccc(NC(=O)CNC(=NCc2ccc(Cl)cc2)NCC)c1. The van der Waals surface area contributed by atoms with Gasteiger partial charge in [-0.1, -0.05) is 35.7 Å². The monoisotopic (exact) mass is 368 g/mol. The molecule has 0 aliphatic rings. The van der Waals surface area contributed by atoms with E-state index in [1.807, 2.05) is 31.2 Å². The molecule has 2 rings (SSSR count). The number of aliphatic imine (C=N–C) groups is 1. The van der Waals surface area contributed by atoms with Crippen LogP contribution in [0.4, 0.5) is 5.69 Å². The lowest BCUT2D eigenvalue weighted by Crippen LogP contribution is -2.41. The van der Waals surface area contributed by atoms with E-state index in [9.17, 15) is 4.79 Å². The van der Waals surface area contributed by atoms with Gasteiger partial charge in [-0.3, -0.25) is 4.79 Å². The van der Waals surface area contributed by atoms with E-state index in [-0.39, 0.29) is 12.5 Å². The second-order valence-corrected chi connectivity index (χ2v) is 5.88. The molecule has 5 nitrogen and oxygen atoms in total. The maximum atomic E-state index is 12.1. The fraction of sp³-hybridized carbons (Fsp3) is 0.200. The van der Waals surface area contributed by atoms with Crippen molar-refractivity contribution in [2.75, 3.05) is 18.4 Å². The predicted molar refractivity (Wildman–Crippen MR) is 107 cm³/mol. The van der Waals surface area contributed by atoms with Gasteiger partial charge in [0.2, 0.25) is 5.91 Å². The normalized spacial score (nSPS) is 10.7. The first-order valence-electron chi connectivity index (χ1n) is 8.24. The van der Waals surface area contributed by atoms with E-state index in [4.69, 9.17) is 18.0 Å². The van der Waals surface area contributed by atoms with Crippen molar-refractivity contribution in [3.63, 3.8) is 0 Å². The lowest BCUT2D eigenvalue weighted by atomic mass is 10.2. The summed E-state index contributed by atoms with van der Waals surface area (Å²) < 4.78 is 0. The van der Waals surface area contributed by atoms with Crippen molar-refractivity contribution in [1.29, 1.82) is 0 Å². The van der Waals surface area contributed by atoms with Gasteiger partial charge in [-0.15, -0.1) is 6.42 Å². The second kappa shape index (κ2) is 10.1. The summed E-state index contributed by atoms with van der Waals surface area (Å²) in [5, 5.41) is 9.61. The Morgan fingerprint density at radius 3 is 2.65 bits per heavy atom. The lowest BCUT2D eigenvalue weighted by Gasteiger charge is -2.12. The molecule has 0 radical (unpaired) electrons. The average molecular weight is 369 g/mol. The third kappa shape index (κ3) is 6.50. The molecule has 0 aromatic heterocycles. The Bertz CT molecular complexity index is 809. The molecule has 2 aromatic rings. The first-order valence-corrected chi connectivity index (χ1v) is 8.61. The largest absolute Gasteiger partial charge is 0.357 e. The van der Waals surface area contributed by atoms with Gasteiger partial charge in [-0.2, -0.15) is 0 Å². The summed E-state index contributed by atoms with van der Waals surface area (Å²) >= 11 is 5.88. The number of carbonyl (C=O) groups is 1. The van der Waals surface area contributed by atoms with Crippen molar-refractivity contribution in [2.45, 2.75) is 13.5 Å². The van der Waals surface area contributed by atoms with Gasteiger partial charge in [0.05, 0.1) is 13.1 Å². The van der Waals surface area contributed by atoms with Crippen molar-refractivity contribution in [3.8, 4) is 12.3 Å². The molecule has 6 heteroatoms. The van der Waals surface area contributed by atoms with E-state index in [1.165, 1.54) is 0 Å². The number of hydrogen-bond acceptors (Lipinski definition) is 2. The summed E-state index contributed by atoms with van der Waals surface area (Å²) in [6.07, 6.45) is 5.36. The highest BCUT2D eigenvalue weighted by Gasteiger charge is 2.05. The molecule has 0 saturated heterocycles. The first-order chi connectivity index (χ1) is 12.6. The quantitative estimate of drug-likeness (QED) is 0.417. The average Bonchev–Trinajstić information content (AvgIpc) is 2.65. The molecule has 134 valence electrons. The lowest BCUT2D eigenvalue weighted by molar-refractivity contribution is -0.115. The topological polar surface area (TPSA) is 65.5 Å². The van der Waals surface area contributed by atoms with Gasteiger partial charge in [0.1, 0.15) is 0 Å². The third-order valence-electron chi connectivity index (χ3n) is 3.41. The molecule has 1 amide bonds. The molecule has 2 aromatic carbocycles. The molecule has 3 N–H and O–H groups in total. The predicted octanol–water partition coefficient (Wildman–Crippen LogP) is 3.02. The van der Waals surface area contributed by atoms with E-state index >= 15 is 0 Å². The molecule has 0 spiro atoms. The fourth-order valence-corrected chi connectivity index (χ4v) is 2.28. The van der Waals surface area contributed by atoms with Crippen molar-refractivity contribution >= 4 is 29.2 Å². The number of halogens is 1. The fourth-order valence-electron chi connectivity index (χ4n) is 2.16. The van der Waals surface area contributed by atoms with Crippen LogP contribution in [-0.2, 0) is 11.3 Å². The molecule has 0 aliphatic carbocycles. The number of amides is 1. The molecule has 0 atom stereocenters. The van der Waals surface area contributed by atoms with Gasteiger partial charge in [0.15, 0.2) is 5.96 Å². The smallest absolute Gasteiger partial charge is 0.243 e. The molecular weight excluding hydrogens is 348 g/mol. The Balaban J connectivity index is 1.90. The standard InChI is InChI=1S/C20H21ClN4O/c1-3-15-6-5-7-18(12-15)25-19(26)14-24-20(22-4-2)23-13-16-8-10-17(21)11-9-16/h1,5-12H,4,13-14H2,2H3,(H,25,26)(H2,22,23,24). The van der Waals surface area contributed by atoms with E-state index in [2.05, 4.69) is 26.9 Å². The molecular formula is C20H21ClN4O. The summed E-state index contributed by atoms with van der Waals surface area (Å²) in [6, 6.07) is 14.6. The summed E-state index contributed by atoms with van der Waals surface area (Å²) in [7, 11) is 0. The maximum Gasteiger partial charge on any atom is 0.243 e. The summed E-state index contributed by atoms with van der Waals surface area (Å²) in [5.74, 6) is 2.92. The number of guanidine groups is 1. The Labute approximate surface area is 158 Å². The van der Waals surface area contributed by atoms with Crippen LogP contribution in [0.1, 0.15) is 18.1 Å². The van der Waals surface area contributed by atoms with E-state index < -0.39 is 0 Å². The number of anilines is 1. The minimum absolute atomic E-state index is 0.0900. The molecule has 0 heterocycles. The minimum atomic E-state index is -0.184. The molecule has 26 heavy (non-hydrogen) atoms. The van der Waals surface area contributed by atoms with Crippen LogP contribution in [0.3, 0.4) is 0 Å². The molecule has 0 bridgehead atoms. The van der Waals surface area contributed by atoms with E-state index in [0.29, 0.717) is 35.3 Å². The van der Waals surface area contributed by atoms with Crippen LogP contribution < -0.4 is 16.0 Å². The first kappa shape index (κ1) is 19.4. The van der Waals surface area contributed by atoms with E-state index in [0.717, 1.165) is 5.56 Å². The van der Waals surface area contributed by atoms with Crippen LogP contribution in [0.2, 0.25) is 5.02 Å². The van der Waals surface area contributed by atoms with Gasteiger partial charge in [-0.05, 0) is 42.8 Å². The van der Waals surface area contributed by atoms with E-state index in [1.54, 1.807) is 24.3 Å². The zero-order valence-corrected chi connectivity index (χ0v) is 15.3. The summed E-state index contributed by atoms with van der Waals surface area (Å²) in [6.45, 7) is 3.23. The highest BCUT2D eigenvalue weighted by molar-refractivity contribution is 6.30. The number of terminal acetylenes is 1. The number of nitrogens with one attached hydrogen (secondary N) is 3. The molecule has 0 fully saturated rings. The Morgan fingerprint density at radius 1 is 1.19 bits per heavy atom. The summed E-state index contributed by atoms with van der Waals surface area (Å²) in [5.41, 5.74) is 2.41. The maximum absolute atomic E-state index is 12.1. The van der Waals surface area contributed by atoms with Crippen LogP contribution in [0.15, 0.2) is 53.5 Å². The molecule has 0 saturated carbocycles. The Kier molecular flexibility index (Phi) is 7.53. The van der Waals surface area contributed by atoms with Crippen LogP contribution in [-0.4, -0.2) is 25.0 Å². The Morgan fingerprint density at radius 2 is 1.96 bits per heavy atom. The van der Waals surface area contributed by atoms with Gasteiger partial charge in [0.25, 0.3) is 0 Å². The number of nitrogens with zero attached hydrogens (tertiary/aromatic N) is 1. The van der Waals surface area contributed by atoms with Crippen LogP contribution in [0.5, 0.6) is 0 Å². The number of rotatable bonds is 6. The highest BCUT2D eigenvalue weighted by Crippen LogP contribution is 2.10. The number of carbonyl (C=O) groups excluding carboxylic acids is 1. The highest BCUT2D eigenvalue weighted by atomic mass is 35.5. The van der Waals surface area contributed by atoms with Crippen LogP contribution in [0, 0.1) is 12.3 Å². The van der Waals surface area contributed by atoms with Gasteiger partial charge >= 0.3 is 0 Å². The van der Waals surface area contributed by atoms with Gasteiger partial charge in [0, 0.05) is 22.8 Å². The zero-order chi connectivity index (χ0) is 18.8. The minimum Gasteiger partial charge on any atom is -0.357 e. The molecule has 0 unspecified atom stereocenters.